The first-order valence-electron chi connectivity index (χ1n) is 15.3. The first kappa shape index (κ1) is 31.7. The molecule has 0 atom stereocenters. The summed E-state index contributed by atoms with van der Waals surface area (Å²) in [7, 11) is 0. The molecule has 0 aliphatic carbocycles. The largest absolute Gasteiger partial charge is 0.300 e. The van der Waals surface area contributed by atoms with Crippen molar-refractivity contribution in [3.8, 4) is 0 Å². The van der Waals surface area contributed by atoms with E-state index in [1.54, 1.807) is 0 Å². The van der Waals surface area contributed by atoms with Crippen molar-refractivity contribution in [2.45, 2.75) is 194 Å². The minimum Gasteiger partial charge on any atom is -0.300 e. The third kappa shape index (κ3) is 27.7. The Hall–Kier alpha value is -0.330. The number of unbranched alkanes of at least 4 members (excludes halogenated alkanes) is 24. The summed E-state index contributed by atoms with van der Waals surface area (Å²) in [5.74, 6) is 0.509. The average molecular weight is 451 g/mol. The van der Waals surface area contributed by atoms with Gasteiger partial charge in [0.2, 0.25) is 0 Å². The molecule has 32 heavy (non-hydrogen) atoms. The molecule has 0 radical (unpaired) electrons. The van der Waals surface area contributed by atoms with E-state index < -0.39 is 0 Å². The van der Waals surface area contributed by atoms with E-state index in [9.17, 15) is 4.79 Å². The lowest BCUT2D eigenvalue weighted by Crippen LogP contribution is -1.97. The second-order valence-corrected chi connectivity index (χ2v) is 10.5. The lowest BCUT2D eigenvalue weighted by atomic mass is 10.0. The van der Waals surface area contributed by atoms with Crippen molar-refractivity contribution in [1.29, 1.82) is 0 Å². The number of rotatable bonds is 28. The molecule has 0 fully saturated rings. The van der Waals surface area contributed by atoms with E-state index in [2.05, 4.69) is 13.8 Å². The summed E-state index contributed by atoms with van der Waals surface area (Å²) in [6.45, 7) is 4.52. The number of hydrogen-bond donors (Lipinski definition) is 0. The van der Waals surface area contributed by atoms with Crippen LogP contribution in [0.4, 0.5) is 0 Å². The van der Waals surface area contributed by atoms with Crippen LogP contribution in [0.1, 0.15) is 194 Å². The Kier molecular flexibility index (Phi) is 28.4. The predicted octanol–water partition coefficient (Wildman–Crippen LogP) is 11.5. The van der Waals surface area contributed by atoms with Gasteiger partial charge in [0.25, 0.3) is 0 Å². The highest BCUT2D eigenvalue weighted by atomic mass is 16.1. The number of hydrogen-bond acceptors (Lipinski definition) is 1. The highest BCUT2D eigenvalue weighted by Crippen LogP contribution is 2.15. The molecular formula is C31H62O. The van der Waals surface area contributed by atoms with E-state index in [0.717, 1.165) is 25.7 Å². The Balaban J connectivity index is 3.07. The van der Waals surface area contributed by atoms with Gasteiger partial charge >= 0.3 is 0 Å². The van der Waals surface area contributed by atoms with E-state index in [-0.39, 0.29) is 0 Å². The minimum absolute atomic E-state index is 0.509. The van der Waals surface area contributed by atoms with E-state index in [0.29, 0.717) is 5.78 Å². The Morgan fingerprint density at radius 3 is 0.750 bits per heavy atom. The predicted molar refractivity (Wildman–Crippen MR) is 146 cm³/mol. The smallest absolute Gasteiger partial charge is 0.132 e. The number of carbonyl (C=O) groups excluding carboxylic acids is 1. The van der Waals surface area contributed by atoms with Crippen LogP contribution in [0, 0.1) is 0 Å². The fraction of sp³-hybridized carbons (Fsp3) is 0.968. The van der Waals surface area contributed by atoms with Crippen LogP contribution in [0.15, 0.2) is 0 Å². The topological polar surface area (TPSA) is 17.1 Å². The highest BCUT2D eigenvalue weighted by Gasteiger charge is 2.01. The van der Waals surface area contributed by atoms with Gasteiger partial charge in [-0.1, -0.05) is 168 Å². The van der Waals surface area contributed by atoms with Crippen LogP contribution in [0.5, 0.6) is 0 Å². The number of carbonyl (C=O) groups is 1. The molecule has 0 rings (SSSR count). The molecule has 0 aromatic heterocycles. The van der Waals surface area contributed by atoms with Gasteiger partial charge in [0.15, 0.2) is 0 Å². The summed E-state index contributed by atoms with van der Waals surface area (Å²) >= 11 is 0. The molecular weight excluding hydrogens is 388 g/mol. The van der Waals surface area contributed by atoms with E-state index in [4.69, 9.17) is 0 Å². The molecule has 1 nitrogen and oxygen atoms in total. The van der Waals surface area contributed by atoms with Gasteiger partial charge < -0.3 is 0 Å². The van der Waals surface area contributed by atoms with Crippen LogP contribution in [0.25, 0.3) is 0 Å². The fourth-order valence-corrected chi connectivity index (χ4v) is 4.80. The Labute approximate surface area is 204 Å². The van der Waals surface area contributed by atoms with Crippen molar-refractivity contribution in [2.75, 3.05) is 0 Å². The first-order chi connectivity index (χ1) is 15.8. The zero-order chi connectivity index (χ0) is 23.4. The Morgan fingerprint density at radius 1 is 0.312 bits per heavy atom. The zero-order valence-corrected chi connectivity index (χ0v) is 22.7. The van der Waals surface area contributed by atoms with Crippen LogP contribution < -0.4 is 0 Å². The van der Waals surface area contributed by atoms with E-state index in [1.807, 2.05) is 0 Å². The Morgan fingerprint density at radius 2 is 0.500 bits per heavy atom. The normalized spacial score (nSPS) is 11.3. The molecule has 0 spiro atoms. The molecule has 0 aliphatic rings. The van der Waals surface area contributed by atoms with E-state index >= 15 is 0 Å². The number of Topliss-reactive ketones (excluding diaryl/α,β-unsaturated/α-hetero) is 1. The molecule has 0 aromatic rings. The molecule has 0 heterocycles. The lowest BCUT2D eigenvalue weighted by molar-refractivity contribution is -0.119. The summed E-state index contributed by atoms with van der Waals surface area (Å²) in [6.07, 6.45) is 37.8. The molecule has 192 valence electrons. The zero-order valence-electron chi connectivity index (χ0n) is 22.7. The van der Waals surface area contributed by atoms with Crippen molar-refractivity contribution in [1.82, 2.24) is 0 Å². The van der Waals surface area contributed by atoms with Gasteiger partial charge in [-0.25, -0.2) is 0 Å². The maximum absolute atomic E-state index is 11.8. The van der Waals surface area contributed by atoms with Gasteiger partial charge in [0.1, 0.15) is 5.78 Å². The fourth-order valence-electron chi connectivity index (χ4n) is 4.80. The van der Waals surface area contributed by atoms with Crippen molar-refractivity contribution < 1.29 is 4.79 Å². The van der Waals surface area contributed by atoms with Crippen LogP contribution in [0.3, 0.4) is 0 Å². The summed E-state index contributed by atoms with van der Waals surface area (Å²) in [5, 5.41) is 0. The van der Waals surface area contributed by atoms with Gasteiger partial charge in [0, 0.05) is 12.8 Å². The van der Waals surface area contributed by atoms with Crippen LogP contribution >= 0.6 is 0 Å². The van der Waals surface area contributed by atoms with Gasteiger partial charge in [0.05, 0.1) is 0 Å². The van der Waals surface area contributed by atoms with E-state index in [1.165, 1.54) is 154 Å². The van der Waals surface area contributed by atoms with Gasteiger partial charge in [-0.2, -0.15) is 0 Å². The molecule has 0 unspecified atom stereocenters. The maximum atomic E-state index is 11.8. The summed E-state index contributed by atoms with van der Waals surface area (Å²) < 4.78 is 0. The quantitative estimate of drug-likeness (QED) is 0.108. The lowest BCUT2D eigenvalue weighted by Gasteiger charge is -2.04. The molecule has 0 saturated carbocycles. The van der Waals surface area contributed by atoms with Crippen LogP contribution in [-0.2, 0) is 4.79 Å². The minimum atomic E-state index is 0.509. The average Bonchev–Trinajstić information content (AvgIpc) is 2.80. The number of ketones is 1. The second-order valence-electron chi connectivity index (χ2n) is 10.5. The molecule has 0 saturated heterocycles. The van der Waals surface area contributed by atoms with Crippen molar-refractivity contribution in [2.24, 2.45) is 0 Å². The third-order valence-electron chi connectivity index (χ3n) is 7.12. The monoisotopic (exact) mass is 450 g/mol. The highest BCUT2D eigenvalue weighted by molar-refractivity contribution is 5.78. The second kappa shape index (κ2) is 28.7. The standard InChI is InChI=1S/C31H62O/c1-3-5-7-9-10-11-12-13-14-15-16-17-18-19-20-21-22-23-24-25-26-28-30-31(32)29-27-8-6-4-2/h3-30H2,1-2H3. The molecule has 0 aromatic carbocycles. The van der Waals surface area contributed by atoms with Crippen molar-refractivity contribution >= 4 is 5.78 Å². The van der Waals surface area contributed by atoms with Crippen molar-refractivity contribution in [3.05, 3.63) is 0 Å². The molecule has 1 heteroatoms. The van der Waals surface area contributed by atoms with Gasteiger partial charge in [-0.3, -0.25) is 4.79 Å². The first-order valence-corrected chi connectivity index (χ1v) is 15.3. The van der Waals surface area contributed by atoms with Crippen LogP contribution in [0.2, 0.25) is 0 Å². The SMILES string of the molecule is CCCCCCCCCCCCCCCCCCCCCCCCC(=O)CCCCCC. The van der Waals surface area contributed by atoms with Crippen molar-refractivity contribution in [3.63, 3.8) is 0 Å². The van der Waals surface area contributed by atoms with Gasteiger partial charge in [-0.05, 0) is 12.8 Å². The van der Waals surface area contributed by atoms with Crippen LogP contribution in [-0.4, -0.2) is 5.78 Å². The Bertz CT molecular complexity index is 348. The molecule has 0 amide bonds. The third-order valence-corrected chi connectivity index (χ3v) is 7.12. The molecule has 0 N–H and O–H groups in total. The summed E-state index contributed by atoms with van der Waals surface area (Å²) in [5.41, 5.74) is 0. The van der Waals surface area contributed by atoms with Gasteiger partial charge in [-0.15, -0.1) is 0 Å². The summed E-state index contributed by atoms with van der Waals surface area (Å²) in [4.78, 5) is 11.8. The maximum Gasteiger partial charge on any atom is 0.132 e. The summed E-state index contributed by atoms with van der Waals surface area (Å²) in [6, 6.07) is 0. The molecule has 0 aliphatic heterocycles. The molecule has 0 bridgehead atoms.